The Hall–Kier alpha value is -3.19. The van der Waals surface area contributed by atoms with E-state index < -0.39 is 0 Å². The van der Waals surface area contributed by atoms with Gasteiger partial charge < -0.3 is 14.6 Å². The number of ether oxygens (including phenoxy) is 1. The number of benzene rings is 1. The molecule has 32 heavy (non-hydrogen) atoms. The number of halogens is 1. The van der Waals surface area contributed by atoms with Crippen LogP contribution in [0.5, 0.6) is 0 Å². The van der Waals surface area contributed by atoms with E-state index in [2.05, 4.69) is 20.5 Å². The molecule has 166 valence electrons. The maximum Gasteiger partial charge on any atom is 0.273 e. The van der Waals surface area contributed by atoms with Crippen molar-refractivity contribution in [2.75, 3.05) is 26.3 Å². The molecule has 0 aliphatic carbocycles. The summed E-state index contributed by atoms with van der Waals surface area (Å²) < 4.78 is 12.4. The van der Waals surface area contributed by atoms with Crippen LogP contribution in [-0.2, 0) is 17.8 Å². The monoisotopic (exact) mass is 454 g/mol. The van der Waals surface area contributed by atoms with Crippen molar-refractivity contribution >= 4 is 17.5 Å². The van der Waals surface area contributed by atoms with Crippen LogP contribution in [0.15, 0.2) is 41.1 Å². The highest BCUT2D eigenvalue weighted by atomic mass is 35.5. The number of nitrogens with one attached hydrogen (secondary N) is 1. The maximum atomic E-state index is 12.5. The van der Waals surface area contributed by atoms with Gasteiger partial charge in [0, 0.05) is 37.0 Å². The van der Waals surface area contributed by atoms with E-state index in [-0.39, 0.29) is 17.6 Å². The average Bonchev–Trinajstić information content (AvgIpc) is 3.44. The van der Waals surface area contributed by atoms with Gasteiger partial charge in [-0.05, 0) is 25.1 Å². The zero-order valence-electron chi connectivity index (χ0n) is 17.6. The Morgan fingerprint density at radius 2 is 2.12 bits per heavy atom. The number of nitrogens with zero attached hydrogens (tertiary/aromatic N) is 5. The number of morpholine rings is 1. The minimum atomic E-state index is -0.291. The van der Waals surface area contributed by atoms with Crippen LogP contribution in [0.2, 0.25) is 5.02 Å². The summed E-state index contributed by atoms with van der Waals surface area (Å²) in [4.78, 5) is 14.7. The highest BCUT2D eigenvalue weighted by Crippen LogP contribution is 2.24. The first-order valence-corrected chi connectivity index (χ1v) is 10.7. The lowest BCUT2D eigenvalue weighted by molar-refractivity contribution is 0.0305. The van der Waals surface area contributed by atoms with Crippen molar-refractivity contribution < 1.29 is 14.1 Å². The number of hydrogen-bond acceptors (Lipinski definition) is 7. The summed E-state index contributed by atoms with van der Waals surface area (Å²) in [5.41, 5.74) is 2.24. The molecular formula is C22H23ClN6O3. The van der Waals surface area contributed by atoms with Gasteiger partial charge in [-0.2, -0.15) is 10.4 Å². The molecule has 10 heteroatoms. The van der Waals surface area contributed by atoms with Crippen molar-refractivity contribution in [1.29, 1.82) is 5.26 Å². The van der Waals surface area contributed by atoms with Gasteiger partial charge in [0.2, 0.25) is 0 Å². The van der Waals surface area contributed by atoms with Crippen molar-refractivity contribution in [3.05, 3.63) is 58.6 Å². The molecule has 0 radical (unpaired) electrons. The van der Waals surface area contributed by atoms with Crippen LogP contribution in [0.4, 0.5) is 0 Å². The Kier molecular flexibility index (Phi) is 6.85. The molecule has 0 bridgehead atoms. The third kappa shape index (κ3) is 5.34. The molecule has 1 fully saturated rings. The second-order valence-electron chi connectivity index (χ2n) is 7.67. The lowest BCUT2D eigenvalue weighted by Gasteiger charge is -2.25. The van der Waals surface area contributed by atoms with Crippen molar-refractivity contribution in [3.63, 3.8) is 0 Å². The molecule has 1 aliphatic heterocycles. The molecule has 1 amide bonds. The normalized spacial score (nSPS) is 15.3. The fourth-order valence-corrected chi connectivity index (χ4v) is 3.70. The van der Waals surface area contributed by atoms with Crippen molar-refractivity contribution in [1.82, 2.24) is 25.2 Å². The first-order chi connectivity index (χ1) is 15.5. The summed E-state index contributed by atoms with van der Waals surface area (Å²) in [6.45, 7) is 6.05. The van der Waals surface area contributed by atoms with Gasteiger partial charge >= 0.3 is 0 Å². The Morgan fingerprint density at radius 3 is 2.88 bits per heavy atom. The molecular weight excluding hydrogens is 432 g/mol. The van der Waals surface area contributed by atoms with Gasteiger partial charge in [-0.25, -0.2) is 0 Å². The molecule has 0 spiro atoms. The van der Waals surface area contributed by atoms with Crippen molar-refractivity contribution in [3.8, 4) is 17.3 Å². The standard InChI is InChI=1S/C22H23ClN6O3/c1-15(13-29-5-4-20(26-29)16-2-3-17(12-24)19(23)10-16)25-22(30)21-11-18(32-27-21)14-28-6-8-31-9-7-28/h2-5,10-11,15H,6-9,13-14H2,1H3,(H,25,30)/t15-/m0/s1. The number of hydrogen-bond donors (Lipinski definition) is 1. The summed E-state index contributed by atoms with van der Waals surface area (Å²) in [5, 5.41) is 20.8. The van der Waals surface area contributed by atoms with Gasteiger partial charge in [0.15, 0.2) is 11.5 Å². The van der Waals surface area contributed by atoms with Crippen LogP contribution in [0.3, 0.4) is 0 Å². The Balaban J connectivity index is 1.32. The molecule has 1 N–H and O–H groups in total. The van der Waals surface area contributed by atoms with Gasteiger partial charge in [0.05, 0.1) is 42.6 Å². The smallest absolute Gasteiger partial charge is 0.273 e. The fraction of sp³-hybridized carbons (Fsp3) is 0.364. The molecule has 1 aromatic carbocycles. The van der Waals surface area contributed by atoms with E-state index in [9.17, 15) is 4.79 Å². The van der Waals surface area contributed by atoms with Gasteiger partial charge in [0.25, 0.3) is 5.91 Å². The molecule has 9 nitrogen and oxygen atoms in total. The lowest BCUT2D eigenvalue weighted by atomic mass is 10.1. The number of amides is 1. The summed E-state index contributed by atoms with van der Waals surface area (Å²) in [6, 6.07) is 10.6. The molecule has 1 atom stereocenters. The molecule has 1 aliphatic rings. The number of carbonyl (C=O) groups excluding carboxylic acids is 1. The highest BCUT2D eigenvalue weighted by molar-refractivity contribution is 6.32. The molecule has 0 unspecified atom stereocenters. The van der Waals surface area contributed by atoms with Gasteiger partial charge in [0.1, 0.15) is 6.07 Å². The average molecular weight is 455 g/mol. The molecule has 2 aromatic heterocycles. The molecule has 3 aromatic rings. The number of rotatable bonds is 7. The van der Waals surface area contributed by atoms with E-state index in [1.807, 2.05) is 25.3 Å². The van der Waals surface area contributed by atoms with E-state index in [0.717, 1.165) is 24.3 Å². The van der Waals surface area contributed by atoms with Crippen LogP contribution in [0, 0.1) is 11.3 Å². The topological polar surface area (TPSA) is 109 Å². The Bertz CT molecular complexity index is 1130. The van der Waals surface area contributed by atoms with Crippen LogP contribution < -0.4 is 5.32 Å². The largest absolute Gasteiger partial charge is 0.379 e. The second kappa shape index (κ2) is 9.96. The minimum Gasteiger partial charge on any atom is -0.379 e. The van der Waals surface area contributed by atoms with E-state index in [1.165, 1.54) is 0 Å². The summed E-state index contributed by atoms with van der Waals surface area (Å²) in [5.74, 6) is 0.364. The lowest BCUT2D eigenvalue weighted by Crippen LogP contribution is -2.36. The summed E-state index contributed by atoms with van der Waals surface area (Å²) in [7, 11) is 0. The third-order valence-corrected chi connectivity index (χ3v) is 5.45. The Labute approximate surface area is 190 Å². The predicted octanol–water partition coefficient (Wildman–Crippen LogP) is 2.71. The van der Waals surface area contributed by atoms with Gasteiger partial charge in [-0.1, -0.05) is 22.8 Å². The fourth-order valence-electron chi connectivity index (χ4n) is 3.48. The SMILES string of the molecule is C[C@@H](Cn1ccc(-c2ccc(C#N)c(Cl)c2)n1)NC(=O)c1cc(CN2CCOCC2)on1. The van der Waals surface area contributed by atoms with Crippen LogP contribution in [-0.4, -0.2) is 58.1 Å². The zero-order chi connectivity index (χ0) is 22.5. The molecule has 1 saturated heterocycles. The highest BCUT2D eigenvalue weighted by Gasteiger charge is 2.18. The van der Waals surface area contributed by atoms with Crippen LogP contribution >= 0.6 is 11.6 Å². The van der Waals surface area contributed by atoms with E-state index in [1.54, 1.807) is 28.9 Å². The number of aromatic nitrogens is 3. The summed E-state index contributed by atoms with van der Waals surface area (Å²) >= 11 is 6.12. The summed E-state index contributed by atoms with van der Waals surface area (Å²) in [6.07, 6.45) is 1.83. The van der Waals surface area contributed by atoms with Crippen LogP contribution in [0.25, 0.3) is 11.3 Å². The zero-order valence-corrected chi connectivity index (χ0v) is 18.4. The van der Waals surface area contributed by atoms with E-state index in [4.69, 9.17) is 26.1 Å². The molecule has 3 heterocycles. The second-order valence-corrected chi connectivity index (χ2v) is 8.08. The van der Waals surface area contributed by atoms with Crippen molar-refractivity contribution in [2.24, 2.45) is 0 Å². The van der Waals surface area contributed by atoms with Gasteiger partial charge in [-0.15, -0.1) is 0 Å². The van der Waals surface area contributed by atoms with E-state index in [0.29, 0.717) is 42.6 Å². The first-order valence-electron chi connectivity index (χ1n) is 10.3. The molecule has 4 rings (SSSR count). The minimum absolute atomic E-state index is 0.181. The van der Waals surface area contributed by atoms with E-state index >= 15 is 0 Å². The first kappa shape index (κ1) is 22.0. The van der Waals surface area contributed by atoms with Crippen molar-refractivity contribution in [2.45, 2.75) is 26.1 Å². The molecule has 0 saturated carbocycles. The quantitative estimate of drug-likeness (QED) is 0.584. The maximum absolute atomic E-state index is 12.5. The number of carbonyl (C=O) groups is 1. The number of nitriles is 1. The predicted molar refractivity (Wildman–Crippen MR) is 117 cm³/mol. The third-order valence-electron chi connectivity index (χ3n) is 5.14. The van der Waals surface area contributed by atoms with Gasteiger partial charge in [-0.3, -0.25) is 14.4 Å². The Morgan fingerprint density at radius 1 is 1.31 bits per heavy atom. The van der Waals surface area contributed by atoms with Crippen LogP contribution in [0.1, 0.15) is 28.7 Å².